The zero-order chi connectivity index (χ0) is 21.6. The molecule has 9 heteroatoms. The predicted octanol–water partition coefficient (Wildman–Crippen LogP) is 4.25. The van der Waals surface area contributed by atoms with Crippen LogP contribution in [0, 0.1) is 0 Å². The molecule has 6 nitrogen and oxygen atoms in total. The van der Waals surface area contributed by atoms with E-state index >= 15 is 0 Å². The number of sulfonamides is 1. The topological polar surface area (TPSA) is 70.6 Å². The van der Waals surface area contributed by atoms with Crippen LogP contribution in [0.2, 0.25) is 5.02 Å². The molecule has 158 valence electrons. The van der Waals surface area contributed by atoms with E-state index in [4.69, 9.17) is 11.6 Å². The summed E-state index contributed by atoms with van der Waals surface area (Å²) in [5.41, 5.74) is 0.801. The van der Waals surface area contributed by atoms with Crippen molar-refractivity contribution in [2.75, 3.05) is 26.2 Å². The minimum absolute atomic E-state index is 0.0809. The van der Waals surface area contributed by atoms with Gasteiger partial charge < -0.3 is 4.90 Å². The lowest BCUT2D eigenvalue weighted by Gasteiger charge is -2.33. The Hall–Kier alpha value is -2.52. The Morgan fingerprint density at radius 3 is 2.48 bits per heavy atom. The van der Waals surface area contributed by atoms with Gasteiger partial charge in [-0.15, -0.1) is 11.3 Å². The molecule has 1 amide bonds. The van der Waals surface area contributed by atoms with Crippen molar-refractivity contribution < 1.29 is 13.2 Å². The molecule has 31 heavy (non-hydrogen) atoms. The molecule has 0 spiro atoms. The van der Waals surface area contributed by atoms with Crippen LogP contribution in [0.3, 0.4) is 0 Å². The molecular formula is C22H18ClN3O3S2. The van der Waals surface area contributed by atoms with Gasteiger partial charge >= 0.3 is 0 Å². The molecular weight excluding hydrogens is 454 g/mol. The van der Waals surface area contributed by atoms with Crippen molar-refractivity contribution in [3.05, 3.63) is 70.7 Å². The largest absolute Gasteiger partial charge is 0.335 e. The molecule has 1 saturated heterocycles. The number of fused-ring (bicyclic) bond motifs is 2. The van der Waals surface area contributed by atoms with Gasteiger partial charge in [0.15, 0.2) is 0 Å². The van der Waals surface area contributed by atoms with Crippen LogP contribution in [-0.2, 0) is 10.0 Å². The highest BCUT2D eigenvalue weighted by Gasteiger charge is 2.31. The summed E-state index contributed by atoms with van der Waals surface area (Å²) in [6.45, 7) is 1.22. The first-order chi connectivity index (χ1) is 14.9. The zero-order valence-corrected chi connectivity index (χ0v) is 18.8. The van der Waals surface area contributed by atoms with Gasteiger partial charge in [0.25, 0.3) is 5.91 Å². The monoisotopic (exact) mass is 471 g/mol. The number of pyridine rings is 1. The Morgan fingerprint density at radius 2 is 1.71 bits per heavy atom. The van der Waals surface area contributed by atoms with E-state index in [0.29, 0.717) is 23.0 Å². The van der Waals surface area contributed by atoms with Gasteiger partial charge in [-0.3, -0.25) is 9.78 Å². The summed E-state index contributed by atoms with van der Waals surface area (Å²) < 4.78 is 28.7. The number of carbonyl (C=O) groups excluding carboxylic acids is 1. The highest BCUT2D eigenvalue weighted by molar-refractivity contribution is 7.89. The second-order valence-electron chi connectivity index (χ2n) is 7.35. The minimum Gasteiger partial charge on any atom is -0.335 e. The van der Waals surface area contributed by atoms with E-state index in [2.05, 4.69) is 4.98 Å². The fourth-order valence-corrected chi connectivity index (χ4v) is 6.39. The Balaban J connectivity index is 1.32. The number of piperazine rings is 1. The van der Waals surface area contributed by atoms with Crippen molar-refractivity contribution in [1.82, 2.24) is 14.2 Å². The van der Waals surface area contributed by atoms with Gasteiger partial charge in [0.1, 0.15) is 0 Å². The maximum Gasteiger partial charge on any atom is 0.264 e. The number of halogens is 1. The van der Waals surface area contributed by atoms with Crippen LogP contribution in [0.5, 0.6) is 0 Å². The van der Waals surface area contributed by atoms with E-state index in [1.54, 1.807) is 47.5 Å². The van der Waals surface area contributed by atoms with Crippen molar-refractivity contribution in [3.63, 3.8) is 0 Å². The quantitative estimate of drug-likeness (QED) is 0.448. The van der Waals surface area contributed by atoms with Crippen LogP contribution in [0.25, 0.3) is 21.0 Å². The zero-order valence-electron chi connectivity index (χ0n) is 16.4. The molecule has 0 aliphatic carbocycles. The predicted molar refractivity (Wildman–Crippen MR) is 123 cm³/mol. The van der Waals surface area contributed by atoms with Crippen molar-refractivity contribution >= 4 is 59.9 Å². The summed E-state index contributed by atoms with van der Waals surface area (Å²) in [5.74, 6) is -0.0809. The van der Waals surface area contributed by atoms with Crippen LogP contribution in [0.1, 0.15) is 9.67 Å². The smallest absolute Gasteiger partial charge is 0.264 e. The van der Waals surface area contributed by atoms with Crippen molar-refractivity contribution in [1.29, 1.82) is 0 Å². The molecule has 0 bridgehead atoms. The number of benzene rings is 2. The Labute approximate surface area is 188 Å². The minimum atomic E-state index is -3.64. The van der Waals surface area contributed by atoms with Crippen molar-refractivity contribution in [3.8, 4) is 0 Å². The van der Waals surface area contributed by atoms with Crippen LogP contribution in [-0.4, -0.2) is 54.7 Å². The first-order valence-corrected chi connectivity index (χ1v) is 12.4. The van der Waals surface area contributed by atoms with Crippen molar-refractivity contribution in [2.45, 2.75) is 4.90 Å². The first kappa shape index (κ1) is 20.4. The summed E-state index contributed by atoms with van der Waals surface area (Å²) in [4.78, 5) is 19.8. The van der Waals surface area contributed by atoms with Gasteiger partial charge in [-0.2, -0.15) is 4.31 Å². The first-order valence-electron chi connectivity index (χ1n) is 9.75. The number of carbonyl (C=O) groups is 1. The van der Waals surface area contributed by atoms with E-state index < -0.39 is 10.0 Å². The summed E-state index contributed by atoms with van der Waals surface area (Å²) in [7, 11) is -3.64. The molecule has 1 fully saturated rings. The van der Waals surface area contributed by atoms with E-state index in [1.165, 1.54) is 15.6 Å². The SMILES string of the molecule is O=C(c1cc2ncccc2s1)N1CCN(S(=O)(=O)c2ccc3cc(Cl)ccc3c2)CC1. The molecule has 0 unspecified atom stereocenters. The standard InChI is InChI=1S/C22H18ClN3O3S2/c23-17-5-3-16-13-18(6-4-15(16)12-17)31(28,29)26-10-8-25(9-11-26)22(27)21-14-19-20(30-21)2-1-7-24-19/h1-7,12-14H,8-11H2. The van der Waals surface area contributed by atoms with Gasteiger partial charge in [-0.25, -0.2) is 8.42 Å². The van der Waals surface area contributed by atoms with E-state index in [0.717, 1.165) is 21.0 Å². The van der Waals surface area contributed by atoms with Gasteiger partial charge in [0, 0.05) is 37.4 Å². The van der Waals surface area contributed by atoms with E-state index in [1.807, 2.05) is 18.2 Å². The number of thiophene rings is 1. The third kappa shape index (κ3) is 3.80. The highest BCUT2D eigenvalue weighted by Crippen LogP contribution is 2.27. The number of nitrogens with zero attached hydrogens (tertiary/aromatic N) is 3. The highest BCUT2D eigenvalue weighted by atomic mass is 35.5. The van der Waals surface area contributed by atoms with Gasteiger partial charge in [-0.1, -0.05) is 23.7 Å². The maximum atomic E-state index is 13.2. The Kier molecular flexibility index (Phi) is 5.18. The second kappa shape index (κ2) is 7.87. The third-order valence-electron chi connectivity index (χ3n) is 5.44. The van der Waals surface area contributed by atoms with Crippen LogP contribution in [0.4, 0.5) is 0 Å². The fourth-order valence-electron chi connectivity index (χ4n) is 3.77. The molecule has 4 aromatic rings. The molecule has 0 atom stereocenters. The summed E-state index contributed by atoms with van der Waals surface area (Å²) >= 11 is 7.42. The van der Waals surface area contributed by atoms with Gasteiger partial charge in [0.05, 0.1) is 20.0 Å². The molecule has 0 N–H and O–H groups in total. The Bertz CT molecular complexity index is 1380. The molecule has 0 saturated carbocycles. The van der Waals surface area contributed by atoms with Crippen LogP contribution in [0.15, 0.2) is 65.7 Å². The molecule has 1 aliphatic heterocycles. The number of aromatic nitrogens is 1. The fraction of sp³-hybridized carbons (Fsp3) is 0.182. The average Bonchev–Trinajstić information content (AvgIpc) is 3.22. The summed E-state index contributed by atoms with van der Waals surface area (Å²) in [5, 5.41) is 2.32. The number of hydrogen-bond donors (Lipinski definition) is 0. The normalized spacial score (nSPS) is 15.6. The molecule has 2 aromatic carbocycles. The number of rotatable bonds is 3. The van der Waals surface area contributed by atoms with Crippen LogP contribution < -0.4 is 0 Å². The average molecular weight is 472 g/mol. The second-order valence-corrected chi connectivity index (χ2v) is 10.8. The lowest BCUT2D eigenvalue weighted by atomic mass is 10.1. The number of amides is 1. The molecule has 1 aliphatic rings. The Morgan fingerprint density at radius 1 is 0.968 bits per heavy atom. The van der Waals surface area contributed by atoms with Gasteiger partial charge in [-0.05, 0) is 53.2 Å². The van der Waals surface area contributed by atoms with Crippen molar-refractivity contribution in [2.24, 2.45) is 0 Å². The third-order valence-corrected chi connectivity index (χ3v) is 8.64. The molecule has 2 aromatic heterocycles. The lowest BCUT2D eigenvalue weighted by Crippen LogP contribution is -2.50. The van der Waals surface area contributed by atoms with Gasteiger partial charge in [0.2, 0.25) is 10.0 Å². The van der Waals surface area contributed by atoms with Crippen LogP contribution >= 0.6 is 22.9 Å². The molecule has 0 radical (unpaired) electrons. The van der Waals surface area contributed by atoms with E-state index in [-0.39, 0.29) is 23.9 Å². The lowest BCUT2D eigenvalue weighted by molar-refractivity contribution is 0.0703. The molecule has 3 heterocycles. The number of hydrogen-bond acceptors (Lipinski definition) is 5. The summed E-state index contributed by atoms with van der Waals surface area (Å²) in [6, 6.07) is 16.0. The summed E-state index contributed by atoms with van der Waals surface area (Å²) in [6.07, 6.45) is 1.70. The van der Waals surface area contributed by atoms with E-state index in [9.17, 15) is 13.2 Å². The maximum absolute atomic E-state index is 13.2. The molecule has 5 rings (SSSR count).